The number of carbonyl (C=O) groups is 3. The molecule has 0 radical (unpaired) electrons. The summed E-state index contributed by atoms with van der Waals surface area (Å²) >= 11 is 0. The normalized spacial score (nSPS) is 10.5. The molecular formula is C20H18N2O6. The number of nitrogens with zero attached hydrogens (tertiary/aromatic N) is 1. The van der Waals surface area contributed by atoms with Crippen molar-refractivity contribution in [2.24, 2.45) is 0 Å². The van der Waals surface area contributed by atoms with Gasteiger partial charge in [-0.3, -0.25) is 4.79 Å². The molecule has 3 aromatic rings. The molecule has 8 heteroatoms. The number of esters is 2. The van der Waals surface area contributed by atoms with Gasteiger partial charge in [-0.25, -0.2) is 9.59 Å². The van der Waals surface area contributed by atoms with Crippen LogP contribution < -0.4 is 10.5 Å². The third-order valence-corrected chi connectivity index (χ3v) is 4.31. The molecule has 1 aromatic carbocycles. The number of nitrogen functional groups attached to an aromatic ring is 1. The molecule has 28 heavy (non-hydrogen) atoms. The molecule has 0 aliphatic heterocycles. The first-order chi connectivity index (χ1) is 13.4. The first kappa shape index (κ1) is 19.0. The summed E-state index contributed by atoms with van der Waals surface area (Å²) in [4.78, 5) is 38.2. The largest absolute Gasteiger partial charge is 0.497 e. The molecule has 0 atom stereocenters. The molecule has 0 unspecified atom stereocenters. The van der Waals surface area contributed by atoms with Crippen molar-refractivity contribution in [2.75, 3.05) is 27.1 Å². The third kappa shape index (κ3) is 3.05. The Morgan fingerprint density at radius 3 is 2.07 bits per heavy atom. The molecular weight excluding hydrogens is 364 g/mol. The van der Waals surface area contributed by atoms with E-state index in [0.717, 1.165) is 0 Å². The number of carbonyl (C=O) groups excluding carboxylic acids is 3. The maximum absolute atomic E-state index is 13.3. The number of ether oxygens (including phenoxy) is 3. The van der Waals surface area contributed by atoms with Crippen LogP contribution in [0.15, 0.2) is 42.6 Å². The number of methoxy groups -OCH3 is 3. The lowest BCUT2D eigenvalue weighted by molar-refractivity contribution is 0.0556. The van der Waals surface area contributed by atoms with E-state index < -0.39 is 17.7 Å². The van der Waals surface area contributed by atoms with E-state index in [1.54, 1.807) is 30.3 Å². The minimum Gasteiger partial charge on any atom is -0.497 e. The van der Waals surface area contributed by atoms with Crippen LogP contribution in [0.5, 0.6) is 5.75 Å². The fourth-order valence-electron chi connectivity index (χ4n) is 2.98. The van der Waals surface area contributed by atoms with Crippen molar-refractivity contribution >= 4 is 28.9 Å². The molecule has 3 rings (SSSR count). The molecule has 0 saturated heterocycles. The van der Waals surface area contributed by atoms with Crippen LogP contribution in [-0.4, -0.2) is 43.5 Å². The van der Waals surface area contributed by atoms with Crippen molar-refractivity contribution in [1.29, 1.82) is 0 Å². The zero-order valence-corrected chi connectivity index (χ0v) is 15.5. The van der Waals surface area contributed by atoms with Gasteiger partial charge in [-0.1, -0.05) is 0 Å². The van der Waals surface area contributed by atoms with E-state index in [9.17, 15) is 14.4 Å². The van der Waals surface area contributed by atoms with Crippen molar-refractivity contribution in [1.82, 2.24) is 4.40 Å². The maximum atomic E-state index is 13.3. The van der Waals surface area contributed by atoms with Crippen LogP contribution >= 0.6 is 0 Å². The lowest BCUT2D eigenvalue weighted by Crippen LogP contribution is -2.15. The number of aromatic nitrogens is 1. The van der Waals surface area contributed by atoms with E-state index in [0.29, 0.717) is 17.0 Å². The molecule has 144 valence electrons. The highest BCUT2D eigenvalue weighted by molar-refractivity contribution is 6.20. The second-order valence-electron chi connectivity index (χ2n) is 5.85. The summed E-state index contributed by atoms with van der Waals surface area (Å²) in [5.74, 6) is -1.51. The molecule has 0 aliphatic carbocycles. The van der Waals surface area contributed by atoms with Crippen LogP contribution in [0.25, 0.3) is 5.52 Å². The quantitative estimate of drug-likeness (QED) is 0.533. The van der Waals surface area contributed by atoms with E-state index in [2.05, 4.69) is 0 Å². The van der Waals surface area contributed by atoms with Crippen molar-refractivity contribution in [3.63, 3.8) is 0 Å². The monoisotopic (exact) mass is 382 g/mol. The van der Waals surface area contributed by atoms with Crippen molar-refractivity contribution in [3.8, 4) is 5.75 Å². The molecule has 0 aliphatic rings. The average Bonchev–Trinajstić information content (AvgIpc) is 3.06. The number of fused-ring (bicyclic) bond motifs is 1. The molecule has 0 amide bonds. The number of hydrogen-bond acceptors (Lipinski definition) is 7. The Morgan fingerprint density at radius 1 is 0.893 bits per heavy atom. The van der Waals surface area contributed by atoms with Gasteiger partial charge in [0.1, 0.15) is 22.6 Å². The van der Waals surface area contributed by atoms with Gasteiger partial charge in [0.25, 0.3) is 0 Å². The second kappa shape index (κ2) is 7.43. The number of nitrogens with two attached hydrogens (primary N) is 1. The first-order valence-corrected chi connectivity index (χ1v) is 8.21. The van der Waals surface area contributed by atoms with Gasteiger partial charge in [0, 0.05) is 17.4 Å². The zero-order valence-electron chi connectivity index (χ0n) is 15.5. The number of anilines is 1. The van der Waals surface area contributed by atoms with Gasteiger partial charge in [-0.15, -0.1) is 0 Å². The zero-order chi connectivity index (χ0) is 20.4. The highest BCUT2D eigenvalue weighted by Gasteiger charge is 2.33. The number of pyridine rings is 1. The predicted octanol–water partition coefficient (Wildman–Crippen LogP) is 2.33. The Hall–Kier alpha value is -3.81. The SMILES string of the molecule is COC(=O)c1c(C(=O)OC)c2cc(N)ccn2c1C(=O)c1ccc(OC)cc1. The van der Waals surface area contributed by atoms with E-state index in [1.165, 1.54) is 38.0 Å². The van der Waals surface area contributed by atoms with Gasteiger partial charge in [0.2, 0.25) is 5.78 Å². The molecule has 8 nitrogen and oxygen atoms in total. The smallest absolute Gasteiger partial charge is 0.341 e. The van der Waals surface area contributed by atoms with Gasteiger partial charge in [-0.2, -0.15) is 0 Å². The lowest BCUT2D eigenvalue weighted by Gasteiger charge is -2.07. The summed E-state index contributed by atoms with van der Waals surface area (Å²) in [6.45, 7) is 0. The second-order valence-corrected chi connectivity index (χ2v) is 5.85. The number of ketones is 1. The van der Waals surface area contributed by atoms with Crippen LogP contribution in [0, 0.1) is 0 Å². The summed E-state index contributed by atoms with van der Waals surface area (Å²) in [6, 6.07) is 9.43. The topological polar surface area (TPSA) is 109 Å². The highest BCUT2D eigenvalue weighted by atomic mass is 16.5. The molecule has 2 aromatic heterocycles. The summed E-state index contributed by atoms with van der Waals surface area (Å²) in [5, 5.41) is 0. The van der Waals surface area contributed by atoms with Gasteiger partial charge in [-0.05, 0) is 36.4 Å². The van der Waals surface area contributed by atoms with Gasteiger partial charge in [0.05, 0.1) is 26.8 Å². The minimum atomic E-state index is -0.834. The average molecular weight is 382 g/mol. The van der Waals surface area contributed by atoms with Crippen molar-refractivity contribution in [3.05, 3.63) is 65.0 Å². The third-order valence-electron chi connectivity index (χ3n) is 4.31. The van der Waals surface area contributed by atoms with E-state index in [1.807, 2.05) is 0 Å². The number of benzene rings is 1. The Balaban J connectivity index is 2.35. The standard InChI is InChI=1S/C20H18N2O6/c1-26-13-6-4-11(5-7-13)18(23)17-16(20(25)28-3)15(19(24)27-2)14-10-12(21)8-9-22(14)17/h4-10H,21H2,1-3H3. The van der Waals surface area contributed by atoms with Crippen LogP contribution in [0.4, 0.5) is 5.69 Å². The summed E-state index contributed by atoms with van der Waals surface area (Å²) in [7, 11) is 3.87. The first-order valence-electron chi connectivity index (χ1n) is 8.21. The Kier molecular flexibility index (Phi) is 5.04. The van der Waals surface area contributed by atoms with Crippen molar-refractivity contribution in [2.45, 2.75) is 0 Å². The highest BCUT2D eigenvalue weighted by Crippen LogP contribution is 2.29. The van der Waals surface area contributed by atoms with Gasteiger partial charge >= 0.3 is 11.9 Å². The van der Waals surface area contributed by atoms with Crippen molar-refractivity contribution < 1.29 is 28.6 Å². The Morgan fingerprint density at radius 2 is 1.50 bits per heavy atom. The van der Waals surface area contributed by atoms with E-state index in [4.69, 9.17) is 19.9 Å². The fourth-order valence-corrected chi connectivity index (χ4v) is 2.98. The van der Waals surface area contributed by atoms with Crippen LogP contribution in [-0.2, 0) is 9.47 Å². The minimum absolute atomic E-state index is 0.0209. The maximum Gasteiger partial charge on any atom is 0.341 e. The predicted molar refractivity (Wildman–Crippen MR) is 101 cm³/mol. The molecule has 0 fully saturated rings. The van der Waals surface area contributed by atoms with E-state index in [-0.39, 0.29) is 22.3 Å². The molecule has 2 N–H and O–H groups in total. The molecule has 2 heterocycles. The molecule has 0 bridgehead atoms. The molecule has 0 spiro atoms. The number of rotatable bonds is 5. The van der Waals surface area contributed by atoms with Gasteiger partial charge in [0.15, 0.2) is 0 Å². The summed E-state index contributed by atoms with van der Waals surface area (Å²) in [6.07, 6.45) is 1.51. The van der Waals surface area contributed by atoms with Crippen LogP contribution in [0.1, 0.15) is 36.8 Å². The molecule has 0 saturated carbocycles. The lowest BCUT2D eigenvalue weighted by atomic mass is 10.0. The number of hydrogen-bond donors (Lipinski definition) is 1. The van der Waals surface area contributed by atoms with Crippen LogP contribution in [0.3, 0.4) is 0 Å². The van der Waals surface area contributed by atoms with Crippen LogP contribution in [0.2, 0.25) is 0 Å². The Bertz CT molecular complexity index is 1080. The van der Waals surface area contributed by atoms with E-state index >= 15 is 0 Å². The van der Waals surface area contributed by atoms with Gasteiger partial charge < -0.3 is 24.3 Å². The summed E-state index contributed by atoms with van der Waals surface area (Å²) < 4.78 is 16.2. The summed E-state index contributed by atoms with van der Waals surface area (Å²) in [5.41, 5.74) is 6.48. The fraction of sp³-hybridized carbons (Fsp3) is 0.150. The Labute approximate surface area is 160 Å².